The van der Waals surface area contributed by atoms with Crippen molar-refractivity contribution >= 4 is 39.2 Å². The Hall–Kier alpha value is -2.12. The summed E-state index contributed by atoms with van der Waals surface area (Å²) >= 11 is 2.90. The van der Waals surface area contributed by atoms with E-state index in [2.05, 4.69) is 61.9 Å². The van der Waals surface area contributed by atoms with Gasteiger partial charge in [-0.3, -0.25) is 9.59 Å². The van der Waals surface area contributed by atoms with Crippen molar-refractivity contribution < 1.29 is 4.79 Å². The lowest BCUT2D eigenvalue weighted by atomic mass is 9.86. The molecule has 0 unspecified atom stereocenters. The number of carbonyl (C=O) groups is 1. The number of aromatic amines is 1. The van der Waals surface area contributed by atoms with Gasteiger partial charge in [-0.1, -0.05) is 63.7 Å². The second-order valence-corrected chi connectivity index (χ2v) is 9.86. The van der Waals surface area contributed by atoms with Crippen LogP contribution in [0.4, 0.5) is 0 Å². The quantitative estimate of drug-likeness (QED) is 0.459. The maximum atomic E-state index is 12.9. The maximum absolute atomic E-state index is 12.9. The van der Waals surface area contributed by atoms with E-state index in [4.69, 9.17) is 5.73 Å². The first kappa shape index (κ1) is 20.6. The fourth-order valence-electron chi connectivity index (χ4n) is 3.04. The zero-order valence-corrected chi connectivity index (χ0v) is 18.2. The number of fused-ring (bicyclic) bond motifs is 1. The number of thiophene rings is 1. The molecule has 28 heavy (non-hydrogen) atoms. The van der Waals surface area contributed by atoms with E-state index in [9.17, 15) is 9.59 Å². The molecule has 3 rings (SSSR count). The minimum absolute atomic E-state index is 0.0822. The fourth-order valence-corrected chi connectivity index (χ4v) is 5.05. The monoisotopic (exact) mass is 415 g/mol. The van der Waals surface area contributed by atoms with Crippen LogP contribution in [0, 0.1) is 0 Å². The van der Waals surface area contributed by atoms with Crippen LogP contribution in [0.3, 0.4) is 0 Å². The molecule has 0 saturated carbocycles. The number of aromatic nitrogens is 2. The molecule has 5 nitrogen and oxygen atoms in total. The number of nitrogens with one attached hydrogen (secondary N) is 1. The minimum atomic E-state index is -0.360. The summed E-state index contributed by atoms with van der Waals surface area (Å²) in [6.45, 7) is 8.65. The summed E-state index contributed by atoms with van der Waals surface area (Å²) in [5.74, 6) is 0.137. The van der Waals surface area contributed by atoms with E-state index >= 15 is 0 Å². The van der Waals surface area contributed by atoms with Crippen LogP contribution in [-0.2, 0) is 16.6 Å². The highest BCUT2D eigenvalue weighted by Crippen LogP contribution is 2.37. The number of thioether (sulfide) groups is 1. The Kier molecular flexibility index (Phi) is 5.95. The Labute approximate surface area is 172 Å². The number of H-pyrrole nitrogens is 1. The van der Waals surface area contributed by atoms with E-state index in [0.717, 1.165) is 27.3 Å². The van der Waals surface area contributed by atoms with Crippen LogP contribution >= 0.6 is 23.1 Å². The van der Waals surface area contributed by atoms with Crippen LogP contribution in [-0.4, -0.2) is 21.6 Å². The Morgan fingerprint density at radius 1 is 1.25 bits per heavy atom. The molecule has 0 aliphatic heterocycles. The fraction of sp³-hybridized carbons (Fsp3) is 0.381. The number of nitrogens with two attached hydrogens (primary N) is 1. The van der Waals surface area contributed by atoms with Crippen LogP contribution in [0.2, 0.25) is 0 Å². The molecule has 0 fully saturated rings. The molecular weight excluding hydrogens is 390 g/mol. The van der Waals surface area contributed by atoms with Crippen LogP contribution < -0.4 is 11.3 Å². The van der Waals surface area contributed by atoms with Gasteiger partial charge in [0.1, 0.15) is 4.83 Å². The lowest BCUT2D eigenvalue weighted by molar-refractivity contribution is -0.117. The Morgan fingerprint density at radius 2 is 1.93 bits per heavy atom. The molecule has 0 atom stereocenters. The lowest BCUT2D eigenvalue weighted by Gasteiger charge is -2.19. The zero-order valence-electron chi connectivity index (χ0n) is 16.6. The van der Waals surface area contributed by atoms with Gasteiger partial charge in [0.25, 0.3) is 5.56 Å². The first-order chi connectivity index (χ1) is 13.2. The van der Waals surface area contributed by atoms with Gasteiger partial charge < -0.3 is 10.7 Å². The molecule has 148 valence electrons. The van der Waals surface area contributed by atoms with Crippen LogP contribution in [0.25, 0.3) is 21.3 Å². The predicted molar refractivity (Wildman–Crippen MR) is 118 cm³/mol. The Bertz CT molecular complexity index is 1060. The van der Waals surface area contributed by atoms with Crippen molar-refractivity contribution in [3.05, 3.63) is 45.1 Å². The third kappa shape index (κ3) is 4.31. The average molecular weight is 416 g/mol. The van der Waals surface area contributed by atoms with Gasteiger partial charge in [0.15, 0.2) is 5.16 Å². The van der Waals surface area contributed by atoms with Crippen molar-refractivity contribution in [1.82, 2.24) is 9.97 Å². The summed E-state index contributed by atoms with van der Waals surface area (Å²) in [5.41, 5.74) is 8.39. The Balaban J connectivity index is 2.05. The van der Waals surface area contributed by atoms with Gasteiger partial charge in [0, 0.05) is 22.6 Å². The molecule has 3 N–H and O–H groups in total. The normalized spacial score (nSPS) is 11.9. The van der Waals surface area contributed by atoms with Crippen LogP contribution in [0.15, 0.2) is 34.2 Å². The van der Waals surface area contributed by atoms with Gasteiger partial charge in [0.2, 0.25) is 5.91 Å². The molecule has 1 amide bonds. The smallest absolute Gasteiger partial charge is 0.260 e. The number of hydrogen-bond acceptors (Lipinski definition) is 5. The first-order valence-electron chi connectivity index (χ1n) is 9.28. The largest absolute Gasteiger partial charge is 0.370 e. The van der Waals surface area contributed by atoms with Gasteiger partial charge in [-0.25, -0.2) is 4.98 Å². The molecule has 2 heterocycles. The summed E-state index contributed by atoms with van der Waals surface area (Å²) in [6.07, 6.45) is 1.09. The van der Waals surface area contributed by atoms with Gasteiger partial charge in [-0.15, -0.1) is 11.3 Å². The van der Waals surface area contributed by atoms with E-state index < -0.39 is 0 Å². The van der Waals surface area contributed by atoms with E-state index in [1.54, 1.807) is 11.3 Å². The molecule has 0 aliphatic rings. The van der Waals surface area contributed by atoms with Crippen molar-refractivity contribution in [2.24, 2.45) is 5.73 Å². The minimum Gasteiger partial charge on any atom is -0.370 e. The number of rotatable bonds is 6. The van der Waals surface area contributed by atoms with Gasteiger partial charge in [-0.05, 0) is 23.0 Å². The van der Waals surface area contributed by atoms with Crippen molar-refractivity contribution in [3.63, 3.8) is 0 Å². The molecule has 0 radical (unpaired) electrons. The number of aryl methyl sites for hydroxylation is 1. The number of carbonyl (C=O) groups excluding carboxylic acids is 1. The second kappa shape index (κ2) is 8.09. The van der Waals surface area contributed by atoms with Crippen LogP contribution in [0.5, 0.6) is 0 Å². The van der Waals surface area contributed by atoms with Gasteiger partial charge >= 0.3 is 0 Å². The standard InChI is InChI=1S/C21H25N3O2S2/c1-5-14-16(12-6-8-13(9-7-12)21(2,3)4)17-18(26)23-20(24-19(17)28-14)27-11-10-15(22)25/h6-9H,5,10-11H2,1-4H3,(H2,22,25)(H,23,24,26). The molecule has 0 bridgehead atoms. The summed E-state index contributed by atoms with van der Waals surface area (Å²) in [6, 6.07) is 8.45. The van der Waals surface area contributed by atoms with Crippen molar-refractivity contribution in [2.75, 3.05) is 5.75 Å². The molecule has 0 aliphatic carbocycles. The number of amides is 1. The van der Waals surface area contributed by atoms with Gasteiger partial charge in [0.05, 0.1) is 5.39 Å². The van der Waals surface area contributed by atoms with E-state index in [-0.39, 0.29) is 23.3 Å². The van der Waals surface area contributed by atoms with E-state index in [1.807, 2.05) is 0 Å². The predicted octanol–water partition coefficient (Wildman–Crippen LogP) is 4.48. The Morgan fingerprint density at radius 3 is 2.50 bits per heavy atom. The zero-order chi connectivity index (χ0) is 20.5. The summed E-state index contributed by atoms with van der Waals surface area (Å²) < 4.78 is 0. The summed E-state index contributed by atoms with van der Waals surface area (Å²) in [5, 5.41) is 1.17. The SMILES string of the molecule is CCc1sc2nc(SCCC(N)=O)[nH]c(=O)c2c1-c1ccc(C(C)(C)C)cc1. The molecule has 1 aromatic carbocycles. The maximum Gasteiger partial charge on any atom is 0.260 e. The summed E-state index contributed by atoms with van der Waals surface area (Å²) in [4.78, 5) is 33.1. The second-order valence-electron chi connectivity index (χ2n) is 7.70. The number of hydrogen-bond donors (Lipinski definition) is 2. The molecule has 0 spiro atoms. The van der Waals surface area contributed by atoms with E-state index in [0.29, 0.717) is 16.3 Å². The van der Waals surface area contributed by atoms with Gasteiger partial charge in [-0.2, -0.15) is 0 Å². The summed E-state index contributed by atoms with van der Waals surface area (Å²) in [7, 11) is 0. The molecule has 2 aromatic heterocycles. The third-order valence-electron chi connectivity index (χ3n) is 4.56. The number of nitrogens with zero attached hydrogens (tertiary/aromatic N) is 1. The third-order valence-corrected chi connectivity index (χ3v) is 6.66. The first-order valence-corrected chi connectivity index (χ1v) is 11.1. The molecular formula is C21H25N3O2S2. The number of benzene rings is 1. The topological polar surface area (TPSA) is 88.8 Å². The van der Waals surface area contributed by atoms with Crippen LogP contribution in [0.1, 0.15) is 44.6 Å². The lowest BCUT2D eigenvalue weighted by Crippen LogP contribution is -2.12. The molecule has 7 heteroatoms. The number of primary amides is 1. The highest BCUT2D eigenvalue weighted by molar-refractivity contribution is 7.99. The molecule has 3 aromatic rings. The highest BCUT2D eigenvalue weighted by atomic mass is 32.2. The average Bonchev–Trinajstić information content (AvgIpc) is 3.00. The van der Waals surface area contributed by atoms with Crippen molar-refractivity contribution in [1.29, 1.82) is 0 Å². The highest BCUT2D eigenvalue weighted by Gasteiger charge is 2.19. The molecule has 0 saturated heterocycles. The van der Waals surface area contributed by atoms with Crippen molar-refractivity contribution in [2.45, 2.75) is 51.1 Å². The van der Waals surface area contributed by atoms with E-state index in [1.165, 1.54) is 17.3 Å². The van der Waals surface area contributed by atoms with Crippen molar-refractivity contribution in [3.8, 4) is 11.1 Å².